The van der Waals surface area contributed by atoms with Crippen LogP contribution in [0.5, 0.6) is 0 Å². The maximum Gasteiger partial charge on any atom is 0.310 e. The number of hydrogen-bond donors (Lipinski definition) is 1. The van der Waals surface area contributed by atoms with Crippen molar-refractivity contribution in [1.29, 1.82) is 0 Å². The van der Waals surface area contributed by atoms with Gasteiger partial charge >= 0.3 is 5.97 Å². The molecule has 1 N–H and O–H groups in total. The number of carbonyl (C=O) groups is 2. The molecule has 1 unspecified atom stereocenters. The van der Waals surface area contributed by atoms with Crippen molar-refractivity contribution in [2.45, 2.75) is 53.1 Å². The summed E-state index contributed by atoms with van der Waals surface area (Å²) in [5, 5.41) is 0. The number of sulfonamides is 1. The Morgan fingerprint density at radius 2 is 1.75 bits per heavy atom. The molecule has 36 heavy (non-hydrogen) atoms. The van der Waals surface area contributed by atoms with Gasteiger partial charge < -0.3 is 4.74 Å². The fourth-order valence-corrected chi connectivity index (χ4v) is 4.44. The van der Waals surface area contributed by atoms with E-state index in [9.17, 15) is 18.0 Å². The van der Waals surface area contributed by atoms with Crippen LogP contribution < -0.4 is 9.84 Å². The van der Waals surface area contributed by atoms with Crippen LogP contribution >= 0.6 is 0 Å². The quantitative estimate of drug-likeness (QED) is 0.346. The highest BCUT2D eigenvalue weighted by atomic mass is 32.2. The van der Waals surface area contributed by atoms with Gasteiger partial charge in [0, 0.05) is 12.4 Å². The molecule has 1 amide bonds. The molecule has 2 rings (SSSR count). The van der Waals surface area contributed by atoms with Gasteiger partial charge in [-0.3, -0.25) is 20.0 Å². The number of rotatable bonds is 11. The van der Waals surface area contributed by atoms with E-state index in [-0.39, 0.29) is 12.3 Å². The number of carbonyl (C=O) groups excluding carboxylic acids is 2. The number of amides is 1. The Balaban J connectivity index is 2.41. The molecule has 0 aliphatic rings. The van der Waals surface area contributed by atoms with Crippen LogP contribution in [0.2, 0.25) is 0 Å². The van der Waals surface area contributed by atoms with Crippen molar-refractivity contribution < 1.29 is 22.7 Å². The van der Waals surface area contributed by atoms with Crippen LogP contribution in [-0.4, -0.2) is 37.1 Å². The molecule has 8 nitrogen and oxygen atoms in total. The van der Waals surface area contributed by atoms with Crippen LogP contribution in [0, 0.1) is 17.8 Å². The lowest BCUT2D eigenvalue weighted by atomic mass is 9.82. The molecule has 0 radical (unpaired) electrons. The van der Waals surface area contributed by atoms with Gasteiger partial charge in [0.2, 0.25) is 15.9 Å². The van der Waals surface area contributed by atoms with E-state index in [4.69, 9.17) is 4.74 Å². The molecule has 0 spiro atoms. The summed E-state index contributed by atoms with van der Waals surface area (Å²) in [6, 6.07) is 12.0. The molecule has 0 aliphatic carbocycles. The highest BCUT2D eigenvalue weighted by Gasteiger charge is 2.37. The highest BCUT2D eigenvalue weighted by Crippen LogP contribution is 2.29. The number of para-hydroxylation sites is 1. The number of hydrazine groups is 1. The number of ether oxygens (including phenoxy) is 1. The summed E-state index contributed by atoms with van der Waals surface area (Å²) in [5.74, 6) is -2.66. The smallest absolute Gasteiger partial charge is 0.310 e. The maximum atomic E-state index is 13.6. The first-order chi connectivity index (χ1) is 16.8. The van der Waals surface area contributed by atoms with Crippen LogP contribution in [0.3, 0.4) is 0 Å². The fourth-order valence-electron chi connectivity index (χ4n) is 3.67. The van der Waals surface area contributed by atoms with Crippen molar-refractivity contribution in [2.24, 2.45) is 17.8 Å². The molecular formula is C27H37N3O5S. The predicted octanol–water partition coefficient (Wildman–Crippen LogP) is 4.60. The average Bonchev–Trinajstić information content (AvgIpc) is 2.78. The van der Waals surface area contributed by atoms with Crippen molar-refractivity contribution in [3.05, 3.63) is 66.5 Å². The van der Waals surface area contributed by atoms with Crippen molar-refractivity contribution in [2.75, 3.05) is 10.7 Å². The largest absolute Gasteiger partial charge is 0.460 e. The summed E-state index contributed by atoms with van der Waals surface area (Å²) in [5.41, 5.74) is 2.96. The molecule has 196 valence electrons. The number of nitrogens with zero attached hydrogens (tertiary/aromatic N) is 2. The monoisotopic (exact) mass is 515 g/mol. The number of benzene rings is 1. The third-order valence-electron chi connectivity index (χ3n) is 5.18. The minimum absolute atomic E-state index is 0.0661. The van der Waals surface area contributed by atoms with E-state index < -0.39 is 39.3 Å². The number of allylic oxidation sites excluding steroid dienone is 1. The van der Waals surface area contributed by atoms with E-state index in [0.29, 0.717) is 12.1 Å². The van der Waals surface area contributed by atoms with Gasteiger partial charge in [0.25, 0.3) is 0 Å². The molecule has 1 aromatic carbocycles. The van der Waals surface area contributed by atoms with Gasteiger partial charge in [-0.25, -0.2) is 8.42 Å². The van der Waals surface area contributed by atoms with Crippen molar-refractivity contribution in [1.82, 2.24) is 10.4 Å². The first-order valence-corrected chi connectivity index (χ1v) is 13.8. The van der Waals surface area contributed by atoms with E-state index in [0.717, 1.165) is 16.2 Å². The number of nitrogens with one attached hydrogen (secondary N) is 1. The number of hydrogen-bond acceptors (Lipinski definition) is 6. The number of esters is 1. The standard InChI is InChI=1S/C27H37N3O5S/c1-20(2)18-24(25(31)29-30(36(6,33)34)22-14-8-7-9-15-22)23(26(32)35-27(3,4)5)16-10-12-21-13-11-17-28-19-21/h7-15,17,19-20,23-24H,16,18H2,1-6H3,(H,29,31)/t23?,24-/m1/s1. The molecule has 0 bridgehead atoms. The van der Waals surface area contributed by atoms with E-state index in [1.165, 1.54) is 0 Å². The van der Waals surface area contributed by atoms with Crippen LogP contribution in [-0.2, 0) is 24.3 Å². The van der Waals surface area contributed by atoms with Gasteiger partial charge in [-0.1, -0.05) is 50.3 Å². The summed E-state index contributed by atoms with van der Waals surface area (Å²) in [7, 11) is -3.84. The fraction of sp³-hybridized carbons (Fsp3) is 0.444. The van der Waals surface area contributed by atoms with Crippen LogP contribution in [0.25, 0.3) is 6.08 Å². The molecule has 2 aromatic rings. The lowest BCUT2D eigenvalue weighted by molar-refractivity contribution is -0.164. The van der Waals surface area contributed by atoms with Gasteiger partial charge in [-0.15, -0.1) is 0 Å². The first-order valence-electron chi connectivity index (χ1n) is 11.9. The Kier molecular flexibility index (Phi) is 10.2. The molecule has 1 aromatic heterocycles. The highest BCUT2D eigenvalue weighted by molar-refractivity contribution is 7.92. The second kappa shape index (κ2) is 12.7. The topological polar surface area (TPSA) is 106 Å². The minimum Gasteiger partial charge on any atom is -0.460 e. The zero-order valence-corrected chi connectivity index (χ0v) is 22.7. The summed E-state index contributed by atoms with van der Waals surface area (Å²) >= 11 is 0. The zero-order valence-electron chi connectivity index (χ0n) is 21.8. The molecule has 9 heteroatoms. The summed E-state index contributed by atoms with van der Waals surface area (Å²) in [6.07, 6.45) is 8.63. The summed E-state index contributed by atoms with van der Waals surface area (Å²) in [6.45, 7) is 9.20. The van der Waals surface area contributed by atoms with E-state index in [1.54, 1.807) is 63.5 Å². The van der Waals surface area contributed by atoms with Crippen molar-refractivity contribution in [3.8, 4) is 0 Å². The normalized spacial score (nSPS) is 13.9. The van der Waals surface area contributed by atoms with Crippen LogP contribution in [0.4, 0.5) is 5.69 Å². The van der Waals surface area contributed by atoms with Crippen LogP contribution in [0.1, 0.15) is 53.0 Å². The van der Waals surface area contributed by atoms with Crippen molar-refractivity contribution in [3.63, 3.8) is 0 Å². The van der Waals surface area contributed by atoms with Crippen molar-refractivity contribution >= 4 is 33.7 Å². The summed E-state index contributed by atoms with van der Waals surface area (Å²) < 4.78 is 31.6. The lowest BCUT2D eigenvalue weighted by Crippen LogP contribution is -2.50. The number of pyridine rings is 1. The Hall–Kier alpha value is -3.20. The second-order valence-electron chi connectivity index (χ2n) is 10.1. The lowest BCUT2D eigenvalue weighted by Gasteiger charge is -2.31. The van der Waals surface area contributed by atoms with Gasteiger partial charge in [0.1, 0.15) is 5.60 Å². The Bertz CT molecular complexity index is 1130. The predicted molar refractivity (Wildman–Crippen MR) is 142 cm³/mol. The molecule has 1 heterocycles. The molecule has 0 saturated heterocycles. The Labute approximate surface area is 214 Å². The molecule has 0 aliphatic heterocycles. The van der Waals surface area contributed by atoms with E-state index in [1.807, 2.05) is 38.1 Å². The number of anilines is 1. The summed E-state index contributed by atoms with van der Waals surface area (Å²) in [4.78, 5) is 31.0. The van der Waals surface area contributed by atoms with Gasteiger partial charge in [0.15, 0.2) is 0 Å². The SMILES string of the molecule is CC(C)C[C@@H](C(=O)NN(c1ccccc1)S(C)(=O)=O)C(CC=Cc1cccnc1)C(=O)OC(C)(C)C. The average molecular weight is 516 g/mol. The maximum absolute atomic E-state index is 13.6. The van der Waals surface area contributed by atoms with Gasteiger partial charge in [-0.2, -0.15) is 4.41 Å². The van der Waals surface area contributed by atoms with Crippen LogP contribution in [0.15, 0.2) is 60.9 Å². The molecule has 0 fully saturated rings. The first kappa shape index (κ1) is 29.0. The number of aromatic nitrogens is 1. The zero-order chi connectivity index (χ0) is 26.9. The third-order valence-corrected chi connectivity index (χ3v) is 6.14. The van der Waals surface area contributed by atoms with E-state index in [2.05, 4.69) is 10.4 Å². The molecular weight excluding hydrogens is 478 g/mol. The second-order valence-corrected chi connectivity index (χ2v) is 12.0. The third kappa shape index (κ3) is 9.45. The van der Waals surface area contributed by atoms with E-state index >= 15 is 0 Å². The molecule has 2 atom stereocenters. The Morgan fingerprint density at radius 3 is 2.28 bits per heavy atom. The van der Waals surface area contributed by atoms with Gasteiger partial charge in [-0.05, 0) is 63.3 Å². The minimum atomic E-state index is -3.84. The molecule has 0 saturated carbocycles. The Morgan fingerprint density at radius 1 is 1.08 bits per heavy atom. The van der Waals surface area contributed by atoms with Gasteiger partial charge in [0.05, 0.1) is 23.8 Å².